The molecule has 0 aromatic heterocycles. The Labute approximate surface area is 146 Å². The highest BCUT2D eigenvalue weighted by molar-refractivity contribution is 5.99. The second-order valence-electron chi connectivity index (χ2n) is 5.94. The zero-order valence-electron chi connectivity index (χ0n) is 13.9. The molecular formula is C19H18N4O2. The average molecular weight is 334 g/mol. The molecule has 0 unspecified atom stereocenters. The first-order chi connectivity index (χ1) is 12.1. The van der Waals surface area contributed by atoms with E-state index in [-0.39, 0.29) is 11.9 Å². The summed E-state index contributed by atoms with van der Waals surface area (Å²) < 4.78 is 0. The molecule has 1 heterocycles. The van der Waals surface area contributed by atoms with Crippen LogP contribution in [-0.2, 0) is 11.3 Å². The summed E-state index contributed by atoms with van der Waals surface area (Å²) >= 11 is 0. The molecule has 2 aromatic carbocycles. The molecule has 1 saturated heterocycles. The molecule has 0 aliphatic carbocycles. The van der Waals surface area contributed by atoms with Crippen LogP contribution in [-0.4, -0.2) is 30.4 Å². The van der Waals surface area contributed by atoms with Crippen molar-refractivity contribution in [1.82, 2.24) is 4.90 Å². The molecule has 126 valence electrons. The van der Waals surface area contributed by atoms with Gasteiger partial charge in [0, 0.05) is 37.9 Å². The first kappa shape index (κ1) is 16.5. The zero-order valence-corrected chi connectivity index (χ0v) is 13.9. The molecular weight excluding hydrogens is 316 g/mol. The van der Waals surface area contributed by atoms with Crippen LogP contribution in [0.1, 0.15) is 17.5 Å². The summed E-state index contributed by atoms with van der Waals surface area (Å²) in [6.45, 7) is 1.19. The van der Waals surface area contributed by atoms with E-state index in [4.69, 9.17) is 5.26 Å². The molecule has 1 aliphatic heterocycles. The Morgan fingerprint density at radius 2 is 1.88 bits per heavy atom. The molecule has 3 amide bonds. The van der Waals surface area contributed by atoms with Gasteiger partial charge < -0.3 is 15.1 Å². The third-order valence-electron chi connectivity index (χ3n) is 4.13. The predicted molar refractivity (Wildman–Crippen MR) is 95.1 cm³/mol. The lowest BCUT2D eigenvalue weighted by atomic mass is 10.1. The normalized spacial score (nSPS) is 13.0. The maximum Gasteiger partial charge on any atom is 0.321 e. The average Bonchev–Trinajstić information content (AvgIpc) is 2.62. The van der Waals surface area contributed by atoms with Gasteiger partial charge in [0.2, 0.25) is 5.91 Å². The van der Waals surface area contributed by atoms with E-state index in [0.29, 0.717) is 24.2 Å². The highest BCUT2D eigenvalue weighted by atomic mass is 16.2. The van der Waals surface area contributed by atoms with Gasteiger partial charge in [0.05, 0.1) is 11.6 Å². The Balaban J connectivity index is 1.57. The molecule has 1 fully saturated rings. The number of nitrogens with zero attached hydrogens (tertiary/aromatic N) is 3. The number of carbonyl (C=O) groups is 2. The molecule has 0 radical (unpaired) electrons. The van der Waals surface area contributed by atoms with Gasteiger partial charge in [-0.05, 0) is 42.0 Å². The predicted octanol–water partition coefficient (Wildman–Crippen LogP) is 2.96. The van der Waals surface area contributed by atoms with Gasteiger partial charge in [0.1, 0.15) is 0 Å². The van der Waals surface area contributed by atoms with E-state index < -0.39 is 0 Å². The van der Waals surface area contributed by atoms with Crippen LogP contribution in [0.15, 0.2) is 48.5 Å². The van der Waals surface area contributed by atoms with Crippen LogP contribution in [0.2, 0.25) is 0 Å². The fraction of sp³-hybridized carbons (Fsp3) is 0.211. The minimum Gasteiger partial charge on any atom is -0.323 e. The topological polar surface area (TPSA) is 76.4 Å². The minimum atomic E-state index is -0.225. The molecule has 6 nitrogen and oxygen atoms in total. The summed E-state index contributed by atoms with van der Waals surface area (Å²) in [5.41, 5.74) is 3.06. The summed E-state index contributed by atoms with van der Waals surface area (Å²) in [6, 6.07) is 16.2. The molecule has 1 N–H and O–H groups in total. The van der Waals surface area contributed by atoms with E-state index >= 15 is 0 Å². The van der Waals surface area contributed by atoms with Crippen LogP contribution in [0.4, 0.5) is 16.2 Å². The smallest absolute Gasteiger partial charge is 0.321 e. The van der Waals surface area contributed by atoms with Crippen LogP contribution in [0.3, 0.4) is 0 Å². The Hall–Kier alpha value is -3.33. The zero-order chi connectivity index (χ0) is 17.8. The van der Waals surface area contributed by atoms with Gasteiger partial charge in [-0.3, -0.25) is 4.79 Å². The lowest BCUT2D eigenvalue weighted by Crippen LogP contribution is -2.43. The third-order valence-corrected chi connectivity index (χ3v) is 4.13. The molecule has 25 heavy (non-hydrogen) atoms. The minimum absolute atomic E-state index is 0.124. The number of urea groups is 1. The van der Waals surface area contributed by atoms with Crippen molar-refractivity contribution in [2.24, 2.45) is 0 Å². The van der Waals surface area contributed by atoms with Crippen molar-refractivity contribution in [2.75, 3.05) is 23.8 Å². The van der Waals surface area contributed by atoms with Crippen LogP contribution in [0.25, 0.3) is 0 Å². The van der Waals surface area contributed by atoms with E-state index in [1.54, 1.807) is 41.1 Å². The van der Waals surface area contributed by atoms with Crippen LogP contribution < -0.4 is 10.2 Å². The Morgan fingerprint density at radius 3 is 2.40 bits per heavy atom. The fourth-order valence-electron chi connectivity index (χ4n) is 2.56. The summed E-state index contributed by atoms with van der Waals surface area (Å²) in [5.74, 6) is 0.124. The summed E-state index contributed by atoms with van der Waals surface area (Å²) in [4.78, 5) is 27.0. The first-order valence-electron chi connectivity index (χ1n) is 7.98. The maximum absolute atomic E-state index is 12.3. The van der Waals surface area contributed by atoms with Gasteiger partial charge in [-0.1, -0.05) is 12.1 Å². The van der Waals surface area contributed by atoms with E-state index in [9.17, 15) is 9.59 Å². The SMILES string of the molecule is CN(Cc1ccc(C#N)cc1)C(=O)Nc1ccc(N2CCC2=O)cc1. The van der Waals surface area contributed by atoms with Crippen molar-refractivity contribution >= 4 is 23.3 Å². The number of β-lactam (4-membered cyclic amide) rings is 1. The van der Waals surface area contributed by atoms with Crippen molar-refractivity contribution in [3.63, 3.8) is 0 Å². The molecule has 2 aromatic rings. The largest absolute Gasteiger partial charge is 0.323 e. The third kappa shape index (κ3) is 3.78. The van der Waals surface area contributed by atoms with Gasteiger partial charge in [-0.2, -0.15) is 5.26 Å². The molecule has 6 heteroatoms. The second kappa shape index (κ2) is 7.05. The number of rotatable bonds is 4. The monoisotopic (exact) mass is 334 g/mol. The highest BCUT2D eigenvalue weighted by Crippen LogP contribution is 2.23. The summed E-state index contributed by atoms with van der Waals surface area (Å²) in [6.07, 6.45) is 0.596. The molecule has 0 bridgehead atoms. The van der Waals surface area contributed by atoms with E-state index in [1.165, 1.54) is 0 Å². The second-order valence-corrected chi connectivity index (χ2v) is 5.94. The van der Waals surface area contributed by atoms with Gasteiger partial charge in [0.25, 0.3) is 0 Å². The number of nitrogens with one attached hydrogen (secondary N) is 1. The number of hydrogen-bond donors (Lipinski definition) is 1. The first-order valence-corrected chi connectivity index (χ1v) is 7.98. The Kier molecular flexibility index (Phi) is 4.66. The number of anilines is 2. The van der Waals surface area contributed by atoms with Crippen molar-refractivity contribution in [2.45, 2.75) is 13.0 Å². The van der Waals surface area contributed by atoms with E-state index in [0.717, 1.165) is 17.8 Å². The standard InChI is InChI=1S/C19H18N4O2/c1-22(13-15-4-2-14(12-20)3-5-15)19(25)21-16-6-8-17(9-7-16)23-11-10-18(23)24/h2-9H,10-11,13H2,1H3,(H,21,25). The number of benzene rings is 2. The highest BCUT2D eigenvalue weighted by Gasteiger charge is 2.24. The van der Waals surface area contributed by atoms with Gasteiger partial charge >= 0.3 is 6.03 Å². The molecule has 1 aliphatic rings. The van der Waals surface area contributed by atoms with Crippen molar-refractivity contribution in [3.05, 3.63) is 59.7 Å². The Bertz CT molecular complexity index is 822. The van der Waals surface area contributed by atoms with Crippen molar-refractivity contribution in [3.8, 4) is 6.07 Å². The van der Waals surface area contributed by atoms with Crippen molar-refractivity contribution in [1.29, 1.82) is 5.26 Å². The lowest BCUT2D eigenvalue weighted by molar-refractivity contribution is -0.122. The van der Waals surface area contributed by atoms with Gasteiger partial charge in [0.15, 0.2) is 0 Å². The fourth-order valence-corrected chi connectivity index (χ4v) is 2.56. The number of carbonyl (C=O) groups excluding carboxylic acids is 2. The summed E-state index contributed by atoms with van der Waals surface area (Å²) in [5, 5.41) is 11.6. The van der Waals surface area contributed by atoms with E-state index in [1.807, 2.05) is 24.3 Å². The summed E-state index contributed by atoms with van der Waals surface area (Å²) in [7, 11) is 1.71. The molecule has 3 rings (SSSR count). The van der Waals surface area contributed by atoms with E-state index in [2.05, 4.69) is 11.4 Å². The Morgan fingerprint density at radius 1 is 1.20 bits per heavy atom. The lowest BCUT2D eigenvalue weighted by Gasteiger charge is -2.30. The van der Waals surface area contributed by atoms with Gasteiger partial charge in [-0.25, -0.2) is 4.79 Å². The maximum atomic E-state index is 12.3. The number of amides is 3. The van der Waals surface area contributed by atoms with Crippen LogP contribution >= 0.6 is 0 Å². The quantitative estimate of drug-likeness (QED) is 0.873. The van der Waals surface area contributed by atoms with Crippen LogP contribution in [0.5, 0.6) is 0 Å². The number of nitriles is 1. The number of hydrogen-bond acceptors (Lipinski definition) is 3. The molecule has 0 atom stereocenters. The van der Waals surface area contributed by atoms with Gasteiger partial charge in [-0.15, -0.1) is 0 Å². The van der Waals surface area contributed by atoms with Crippen LogP contribution in [0, 0.1) is 11.3 Å². The molecule has 0 saturated carbocycles. The molecule has 0 spiro atoms. The van der Waals surface area contributed by atoms with Crippen molar-refractivity contribution < 1.29 is 9.59 Å².